The van der Waals surface area contributed by atoms with Crippen molar-refractivity contribution in [3.05, 3.63) is 40.1 Å². The summed E-state index contributed by atoms with van der Waals surface area (Å²) in [6.07, 6.45) is -0.200. The number of hydrogen-bond donors (Lipinski definition) is 1. The lowest BCUT2D eigenvalue weighted by atomic mass is 9.95. The molecule has 0 radical (unpaired) electrons. The van der Waals surface area contributed by atoms with E-state index in [-0.39, 0.29) is 17.1 Å². The second kappa shape index (κ2) is 8.29. The molecule has 1 aliphatic heterocycles. The molecule has 0 bridgehead atoms. The van der Waals surface area contributed by atoms with Gasteiger partial charge in [0.25, 0.3) is 0 Å². The minimum atomic E-state index is -2.06. The van der Waals surface area contributed by atoms with Gasteiger partial charge in [0.2, 0.25) is 5.43 Å². The fourth-order valence-corrected chi connectivity index (χ4v) is 5.09. The van der Waals surface area contributed by atoms with Gasteiger partial charge in [-0.1, -0.05) is 26.8 Å². The Morgan fingerprint density at radius 2 is 1.76 bits per heavy atom. The maximum Gasteiger partial charge on any atom is 0.204 e. The van der Waals surface area contributed by atoms with Crippen LogP contribution in [0.25, 0.3) is 21.9 Å². The van der Waals surface area contributed by atoms with E-state index >= 15 is 0 Å². The highest BCUT2D eigenvalue weighted by Crippen LogP contribution is 2.44. The minimum Gasteiger partial charge on any atom is -0.496 e. The molecule has 7 nitrogen and oxygen atoms in total. The number of hydrogen-bond acceptors (Lipinski definition) is 7. The van der Waals surface area contributed by atoms with Crippen molar-refractivity contribution in [2.24, 2.45) is 0 Å². The van der Waals surface area contributed by atoms with Crippen LogP contribution in [0.4, 0.5) is 0 Å². The summed E-state index contributed by atoms with van der Waals surface area (Å²) in [5, 5.41) is 12.1. The van der Waals surface area contributed by atoms with Gasteiger partial charge in [0, 0.05) is 18.1 Å². The van der Waals surface area contributed by atoms with Gasteiger partial charge in [-0.2, -0.15) is 0 Å². The van der Waals surface area contributed by atoms with E-state index in [0.29, 0.717) is 45.6 Å². The molecule has 3 aromatic rings. The predicted octanol–water partition coefficient (Wildman–Crippen LogP) is 5.04. The molecule has 8 heteroatoms. The highest BCUT2D eigenvalue weighted by Gasteiger charge is 2.44. The Morgan fingerprint density at radius 1 is 1.09 bits per heavy atom. The summed E-state index contributed by atoms with van der Waals surface area (Å²) in [4.78, 5) is 13.4. The summed E-state index contributed by atoms with van der Waals surface area (Å²) in [5.41, 5.74) is 0.0297. The van der Waals surface area contributed by atoms with E-state index in [1.807, 2.05) is 0 Å². The van der Waals surface area contributed by atoms with Crippen LogP contribution in [-0.2, 0) is 10.8 Å². The van der Waals surface area contributed by atoms with E-state index in [9.17, 15) is 9.90 Å². The van der Waals surface area contributed by atoms with Crippen LogP contribution in [0.15, 0.2) is 33.5 Å². The smallest absolute Gasteiger partial charge is 0.204 e. The van der Waals surface area contributed by atoms with Gasteiger partial charge in [-0.25, -0.2) is 0 Å². The molecular formula is C26H34O7Si. The first-order chi connectivity index (χ1) is 15.8. The molecule has 0 saturated carbocycles. The second-order valence-electron chi connectivity index (χ2n) is 10.7. The molecule has 34 heavy (non-hydrogen) atoms. The third-order valence-electron chi connectivity index (χ3n) is 7.29. The van der Waals surface area contributed by atoms with Crippen LogP contribution in [0.5, 0.6) is 17.2 Å². The SMILES string of the molecule is COc1cccc2c(=O)c3c(OC)cc4c(c3oc12)C[C@H]([C@](C)(O)CO[Si](C)(C)C(C)(C)C)O4. The summed E-state index contributed by atoms with van der Waals surface area (Å²) in [6.45, 7) is 12.7. The van der Waals surface area contributed by atoms with Crippen molar-refractivity contribution in [2.75, 3.05) is 20.8 Å². The highest BCUT2D eigenvalue weighted by molar-refractivity contribution is 6.74. The lowest BCUT2D eigenvalue weighted by molar-refractivity contribution is -0.0694. The lowest BCUT2D eigenvalue weighted by Gasteiger charge is -2.39. The van der Waals surface area contributed by atoms with Crippen molar-refractivity contribution in [1.29, 1.82) is 0 Å². The molecule has 1 aliphatic rings. The van der Waals surface area contributed by atoms with E-state index in [1.165, 1.54) is 14.2 Å². The largest absolute Gasteiger partial charge is 0.496 e. The minimum absolute atomic E-state index is 0.0235. The van der Waals surface area contributed by atoms with Crippen LogP contribution in [0.3, 0.4) is 0 Å². The average molecular weight is 487 g/mol. The summed E-state index contributed by atoms with van der Waals surface area (Å²) >= 11 is 0. The van der Waals surface area contributed by atoms with Crippen molar-refractivity contribution in [3.63, 3.8) is 0 Å². The quantitative estimate of drug-likeness (QED) is 0.386. The molecule has 2 heterocycles. The zero-order valence-electron chi connectivity index (χ0n) is 21.2. The van der Waals surface area contributed by atoms with Crippen LogP contribution < -0.4 is 19.6 Å². The Balaban J connectivity index is 1.77. The number of aliphatic hydroxyl groups is 1. The standard InChI is InChI=1S/C26H34O7Si/c1-25(2,3)34(7,8)31-14-26(4,28)20-12-16-18(32-20)13-19(30-6)21-22(27)15-10-9-11-17(29-5)23(15)33-24(16)21/h9-11,13,20,28H,12,14H2,1-8H3/t20-,26-/m1/s1. The molecule has 0 spiro atoms. The van der Waals surface area contributed by atoms with E-state index in [0.717, 1.165) is 5.56 Å². The Bertz CT molecular complexity index is 1300. The fourth-order valence-electron chi connectivity index (χ4n) is 4.00. The molecular weight excluding hydrogens is 452 g/mol. The van der Waals surface area contributed by atoms with Gasteiger partial charge < -0.3 is 28.2 Å². The lowest BCUT2D eigenvalue weighted by Crippen LogP contribution is -2.51. The van der Waals surface area contributed by atoms with Crippen LogP contribution >= 0.6 is 0 Å². The van der Waals surface area contributed by atoms with Crippen molar-refractivity contribution in [1.82, 2.24) is 0 Å². The Morgan fingerprint density at radius 3 is 2.38 bits per heavy atom. The zero-order valence-corrected chi connectivity index (χ0v) is 22.2. The molecule has 184 valence electrons. The van der Waals surface area contributed by atoms with Gasteiger partial charge >= 0.3 is 0 Å². The zero-order chi connectivity index (χ0) is 25.1. The number of fused-ring (bicyclic) bond motifs is 4. The Hall–Kier alpha value is -2.55. The highest BCUT2D eigenvalue weighted by atomic mass is 28.4. The van der Waals surface area contributed by atoms with Gasteiger partial charge in [0.15, 0.2) is 19.6 Å². The van der Waals surface area contributed by atoms with Crippen LogP contribution in [0, 0.1) is 0 Å². The van der Waals surface area contributed by atoms with Gasteiger partial charge in [-0.3, -0.25) is 4.79 Å². The first kappa shape index (κ1) is 24.6. The molecule has 0 aliphatic carbocycles. The van der Waals surface area contributed by atoms with E-state index in [4.69, 9.17) is 23.1 Å². The van der Waals surface area contributed by atoms with Gasteiger partial charge in [0.05, 0.1) is 26.2 Å². The predicted molar refractivity (Wildman–Crippen MR) is 135 cm³/mol. The van der Waals surface area contributed by atoms with Gasteiger partial charge in [-0.15, -0.1) is 0 Å². The maximum absolute atomic E-state index is 13.4. The third-order valence-corrected chi connectivity index (χ3v) is 11.8. The third kappa shape index (κ3) is 3.97. The molecule has 1 N–H and O–H groups in total. The maximum atomic E-state index is 13.4. The molecule has 0 fully saturated rings. The van der Waals surface area contributed by atoms with Gasteiger partial charge in [-0.05, 0) is 37.2 Å². The molecule has 4 rings (SSSR count). The summed E-state index contributed by atoms with van der Waals surface area (Å²) in [6, 6.07) is 6.91. The number of ether oxygens (including phenoxy) is 3. The normalized spacial score (nSPS) is 18.0. The van der Waals surface area contributed by atoms with E-state index in [1.54, 1.807) is 31.2 Å². The molecule has 0 unspecified atom stereocenters. The Kier molecular flexibility index (Phi) is 5.99. The molecule has 1 aromatic heterocycles. The number of methoxy groups -OCH3 is 2. The summed E-state index contributed by atoms with van der Waals surface area (Å²) < 4.78 is 29.7. The summed E-state index contributed by atoms with van der Waals surface area (Å²) in [7, 11) is 0.980. The van der Waals surface area contributed by atoms with Crippen molar-refractivity contribution >= 4 is 30.3 Å². The van der Waals surface area contributed by atoms with Gasteiger partial charge in [0.1, 0.15) is 34.2 Å². The summed E-state index contributed by atoms with van der Waals surface area (Å²) in [5.74, 6) is 1.36. The fraction of sp³-hybridized carbons (Fsp3) is 0.500. The van der Waals surface area contributed by atoms with Crippen molar-refractivity contribution in [2.45, 2.75) is 64.0 Å². The Labute approximate surface area is 200 Å². The second-order valence-corrected chi connectivity index (χ2v) is 15.6. The number of benzene rings is 2. The van der Waals surface area contributed by atoms with Crippen LogP contribution in [-0.4, -0.2) is 46.0 Å². The number of rotatable bonds is 6. The monoisotopic (exact) mass is 486 g/mol. The van der Waals surface area contributed by atoms with E-state index < -0.39 is 20.0 Å². The molecule has 2 atom stereocenters. The van der Waals surface area contributed by atoms with Crippen molar-refractivity contribution < 1.29 is 28.2 Å². The molecule has 0 saturated heterocycles. The van der Waals surface area contributed by atoms with E-state index in [2.05, 4.69) is 33.9 Å². The van der Waals surface area contributed by atoms with Crippen molar-refractivity contribution in [3.8, 4) is 17.2 Å². The average Bonchev–Trinajstić information content (AvgIpc) is 3.21. The topological polar surface area (TPSA) is 87.4 Å². The molecule has 0 amide bonds. The van der Waals surface area contributed by atoms with Crippen LogP contribution in [0.2, 0.25) is 18.1 Å². The molecule has 2 aromatic carbocycles. The number of para-hydroxylation sites is 1. The first-order valence-corrected chi connectivity index (χ1v) is 14.4. The first-order valence-electron chi connectivity index (χ1n) is 11.5. The van der Waals surface area contributed by atoms with Crippen LogP contribution in [0.1, 0.15) is 33.3 Å².